The van der Waals surface area contributed by atoms with E-state index in [-0.39, 0.29) is 27.7 Å². The standard InChI is InChI=1S/C56H64N2O2S/c1-31-22-35(53(5,6)7)26-42-43-27-36(54(8,9)10)23-32(2)49(43)57(48(31)42)39-20-21-47-41(30-39)40-18-17-19-46(52(40)61(47,59)60)58-50-33(3)24-37(55(11,12)13)28-44(50)45-29-38(56(14,15)16)25-34(4)51(45)58/h17-19,21-30,39H,20H2,1-16H3. The normalized spacial score (nSPS) is 17.1. The summed E-state index contributed by atoms with van der Waals surface area (Å²) in [4.78, 5) is 0.842. The van der Waals surface area contributed by atoms with Gasteiger partial charge in [0.1, 0.15) is 4.90 Å². The Morgan fingerprint density at radius 3 is 1.30 bits per heavy atom. The highest BCUT2D eigenvalue weighted by Crippen LogP contribution is 2.52. The molecule has 1 atom stereocenters. The van der Waals surface area contributed by atoms with Gasteiger partial charge in [-0.3, -0.25) is 0 Å². The monoisotopic (exact) mass is 828 g/mol. The van der Waals surface area contributed by atoms with Gasteiger partial charge < -0.3 is 9.13 Å². The fraction of sp³-hybridized carbons (Fsp3) is 0.393. The van der Waals surface area contributed by atoms with Gasteiger partial charge in [0.15, 0.2) is 0 Å². The third-order valence-corrected chi connectivity index (χ3v) is 15.7. The molecule has 2 aromatic heterocycles. The summed E-state index contributed by atoms with van der Waals surface area (Å²) in [5.74, 6) is 0. The Morgan fingerprint density at radius 1 is 0.525 bits per heavy atom. The topological polar surface area (TPSA) is 44.0 Å². The maximum atomic E-state index is 15.2. The number of sulfone groups is 1. The smallest absolute Gasteiger partial charge is 0.209 e. The van der Waals surface area contributed by atoms with E-state index in [4.69, 9.17) is 0 Å². The summed E-state index contributed by atoms with van der Waals surface area (Å²) in [6.07, 6.45) is 4.87. The van der Waals surface area contributed by atoms with E-state index in [0.29, 0.717) is 16.2 Å². The molecular formula is C56H64N2O2S. The van der Waals surface area contributed by atoms with Crippen molar-refractivity contribution in [3.05, 3.63) is 134 Å². The average molecular weight is 829 g/mol. The zero-order valence-electron chi connectivity index (χ0n) is 39.4. The number of hydrogen-bond donors (Lipinski definition) is 0. The van der Waals surface area contributed by atoms with Crippen LogP contribution >= 0.6 is 0 Å². The summed E-state index contributed by atoms with van der Waals surface area (Å²) in [5, 5.41) is 4.87. The van der Waals surface area contributed by atoms with Gasteiger partial charge in [0, 0.05) is 27.1 Å². The van der Waals surface area contributed by atoms with E-state index in [2.05, 4.69) is 181 Å². The van der Waals surface area contributed by atoms with E-state index in [1.165, 1.54) is 66.0 Å². The molecule has 9 rings (SSSR count). The molecule has 7 aromatic rings. The van der Waals surface area contributed by atoms with Gasteiger partial charge in [-0.25, -0.2) is 8.42 Å². The van der Waals surface area contributed by atoms with Crippen LogP contribution in [0, 0.1) is 27.7 Å². The predicted octanol–water partition coefficient (Wildman–Crippen LogP) is 15.0. The van der Waals surface area contributed by atoms with Gasteiger partial charge in [-0.2, -0.15) is 0 Å². The lowest BCUT2D eigenvalue weighted by molar-refractivity contribution is 0.590. The summed E-state index contributed by atoms with van der Waals surface area (Å²) in [6.45, 7) is 36.2. The van der Waals surface area contributed by atoms with Crippen molar-refractivity contribution in [2.75, 3.05) is 0 Å². The van der Waals surface area contributed by atoms with Gasteiger partial charge in [-0.1, -0.05) is 132 Å². The van der Waals surface area contributed by atoms with Gasteiger partial charge in [0.2, 0.25) is 9.84 Å². The Morgan fingerprint density at radius 2 is 0.902 bits per heavy atom. The number of fused-ring (bicyclic) bond motifs is 9. The van der Waals surface area contributed by atoms with Crippen LogP contribution < -0.4 is 0 Å². The Kier molecular flexibility index (Phi) is 8.89. The fourth-order valence-corrected chi connectivity index (χ4v) is 12.2. The number of allylic oxidation sites excluding steroid dienone is 3. The van der Waals surface area contributed by atoms with Crippen molar-refractivity contribution < 1.29 is 8.42 Å². The molecule has 1 aliphatic heterocycles. The second-order valence-electron chi connectivity index (χ2n) is 22.6. The summed E-state index contributed by atoms with van der Waals surface area (Å²) < 4.78 is 35.2. The summed E-state index contributed by atoms with van der Waals surface area (Å²) in [6, 6.07) is 24.9. The van der Waals surface area contributed by atoms with Crippen LogP contribution in [0.4, 0.5) is 0 Å². The number of rotatable bonds is 2. The summed E-state index contributed by atoms with van der Waals surface area (Å²) >= 11 is 0. The van der Waals surface area contributed by atoms with E-state index in [0.717, 1.165) is 39.0 Å². The van der Waals surface area contributed by atoms with Crippen LogP contribution in [0.25, 0.3) is 54.9 Å². The molecule has 1 aliphatic carbocycles. The van der Waals surface area contributed by atoms with Crippen molar-refractivity contribution >= 4 is 59.0 Å². The fourth-order valence-electron chi connectivity index (χ4n) is 10.3. The Balaban J connectivity index is 1.32. The van der Waals surface area contributed by atoms with Gasteiger partial charge in [0.05, 0.1) is 38.7 Å². The van der Waals surface area contributed by atoms with Gasteiger partial charge in [-0.05, 0) is 136 Å². The van der Waals surface area contributed by atoms with Gasteiger partial charge >= 0.3 is 0 Å². The highest BCUT2D eigenvalue weighted by molar-refractivity contribution is 7.96. The van der Waals surface area contributed by atoms with Gasteiger partial charge in [0.25, 0.3) is 0 Å². The molecule has 0 radical (unpaired) electrons. The second kappa shape index (κ2) is 13.1. The van der Waals surface area contributed by atoms with Crippen molar-refractivity contribution in [2.24, 2.45) is 0 Å². The Hall–Kier alpha value is -4.87. The Labute approximate surface area is 364 Å². The molecule has 316 valence electrons. The van der Waals surface area contributed by atoms with Crippen LogP contribution in [0.2, 0.25) is 0 Å². The van der Waals surface area contributed by atoms with Crippen LogP contribution in [0.1, 0.15) is 146 Å². The van der Waals surface area contributed by atoms with E-state index < -0.39 is 9.84 Å². The summed E-state index contributed by atoms with van der Waals surface area (Å²) in [7, 11) is -3.86. The number of benzene rings is 5. The van der Waals surface area contributed by atoms with Crippen LogP contribution in [0.3, 0.4) is 0 Å². The second-order valence-corrected chi connectivity index (χ2v) is 24.4. The molecule has 0 amide bonds. The third kappa shape index (κ3) is 6.22. The number of aromatic nitrogens is 2. The highest BCUT2D eigenvalue weighted by atomic mass is 32.2. The average Bonchev–Trinajstić information content (AvgIpc) is 3.75. The van der Waals surface area contributed by atoms with Crippen molar-refractivity contribution in [1.82, 2.24) is 9.13 Å². The first-order valence-electron chi connectivity index (χ1n) is 22.2. The first-order valence-corrected chi connectivity index (χ1v) is 23.7. The first-order chi connectivity index (χ1) is 28.2. The molecule has 1 unspecified atom stereocenters. The predicted molar refractivity (Wildman–Crippen MR) is 261 cm³/mol. The maximum Gasteiger partial charge on any atom is 0.209 e. The van der Waals surface area contributed by atoms with Crippen molar-refractivity contribution in [1.29, 1.82) is 0 Å². The number of aryl methyl sites for hydroxylation is 4. The van der Waals surface area contributed by atoms with E-state index >= 15 is 8.42 Å². The Bertz CT molecular complexity index is 3090. The lowest BCUT2D eigenvalue weighted by atomic mass is 9.83. The number of nitrogens with zero attached hydrogens (tertiary/aromatic N) is 2. The molecular weight excluding hydrogens is 765 g/mol. The molecule has 0 spiro atoms. The van der Waals surface area contributed by atoms with E-state index in [1.807, 2.05) is 18.2 Å². The molecule has 0 bridgehead atoms. The van der Waals surface area contributed by atoms with E-state index in [1.54, 1.807) is 0 Å². The van der Waals surface area contributed by atoms with Crippen LogP contribution in [0.5, 0.6) is 0 Å². The molecule has 0 N–H and O–H groups in total. The zero-order chi connectivity index (χ0) is 44.3. The maximum absolute atomic E-state index is 15.2. The SMILES string of the molecule is Cc1cc(C(C)(C)C)cc2c3cc(C(C)(C)C)cc(C)c3n(-c3cccc4c3S(=O)(=O)C3=CCC(n5c6c(C)cc(C(C)(C)C)cc6c6cc(C(C)(C)C)cc(C)c65)C=C34)c12. The molecule has 0 fully saturated rings. The number of hydrogen-bond acceptors (Lipinski definition) is 2. The minimum atomic E-state index is -3.86. The van der Waals surface area contributed by atoms with Crippen molar-refractivity contribution in [3.63, 3.8) is 0 Å². The summed E-state index contributed by atoms with van der Waals surface area (Å²) in [5.41, 5.74) is 16.7. The molecule has 2 aliphatic rings. The van der Waals surface area contributed by atoms with Gasteiger partial charge in [-0.15, -0.1) is 0 Å². The molecule has 0 saturated carbocycles. The molecule has 4 nitrogen and oxygen atoms in total. The minimum Gasteiger partial charge on any atom is -0.333 e. The molecule has 5 heteroatoms. The van der Waals surface area contributed by atoms with E-state index in [9.17, 15) is 0 Å². The van der Waals surface area contributed by atoms with Crippen LogP contribution in [-0.2, 0) is 31.5 Å². The lowest BCUT2D eigenvalue weighted by Gasteiger charge is -2.25. The minimum absolute atomic E-state index is 0.00859. The molecule has 3 heterocycles. The van der Waals surface area contributed by atoms with Crippen LogP contribution in [0.15, 0.2) is 88.7 Å². The lowest BCUT2D eigenvalue weighted by Crippen LogP contribution is -2.14. The van der Waals surface area contributed by atoms with Crippen molar-refractivity contribution in [2.45, 2.75) is 150 Å². The largest absolute Gasteiger partial charge is 0.333 e. The quantitative estimate of drug-likeness (QED) is 0.174. The first kappa shape index (κ1) is 41.5. The third-order valence-electron chi connectivity index (χ3n) is 13.8. The van der Waals surface area contributed by atoms with Crippen molar-refractivity contribution in [3.8, 4) is 5.69 Å². The molecule has 5 aromatic carbocycles. The van der Waals surface area contributed by atoms with Crippen LogP contribution in [-0.4, -0.2) is 17.6 Å². The zero-order valence-corrected chi connectivity index (χ0v) is 40.2. The molecule has 0 saturated heterocycles. The molecule has 61 heavy (non-hydrogen) atoms. The highest BCUT2D eigenvalue weighted by Gasteiger charge is 2.42.